The van der Waals surface area contributed by atoms with E-state index in [2.05, 4.69) is 43.3 Å². The van der Waals surface area contributed by atoms with Gasteiger partial charge in [0.25, 0.3) is 0 Å². The van der Waals surface area contributed by atoms with Crippen molar-refractivity contribution in [1.82, 2.24) is 0 Å². The Balaban J connectivity index is 1.76. The van der Waals surface area contributed by atoms with Gasteiger partial charge < -0.3 is 4.74 Å². The fourth-order valence-electron chi connectivity index (χ4n) is 4.13. The normalized spacial score (nSPS) is 24.2. The molecule has 1 saturated carbocycles. The monoisotopic (exact) mass is 362 g/mol. The summed E-state index contributed by atoms with van der Waals surface area (Å²) in [6.07, 6.45) is 0. The van der Waals surface area contributed by atoms with Crippen LogP contribution < -0.4 is 0 Å². The first-order chi connectivity index (χ1) is 12.7. The van der Waals surface area contributed by atoms with Gasteiger partial charge in [0, 0.05) is 15.7 Å². The van der Waals surface area contributed by atoms with Crippen LogP contribution in [0.4, 0.5) is 0 Å². The molecule has 0 radical (unpaired) electrons. The van der Waals surface area contributed by atoms with E-state index in [1.807, 2.05) is 43.3 Å². The highest BCUT2D eigenvalue weighted by Gasteiger charge is 2.70. The van der Waals surface area contributed by atoms with Crippen LogP contribution in [0.15, 0.2) is 72.8 Å². The van der Waals surface area contributed by atoms with Gasteiger partial charge in [-0.1, -0.05) is 67.6 Å². The second kappa shape index (κ2) is 6.73. The van der Waals surface area contributed by atoms with Gasteiger partial charge in [-0.2, -0.15) is 0 Å². The molecule has 1 aliphatic carbocycles. The number of hydrogen-bond donors (Lipinski definition) is 0. The molecule has 1 fully saturated rings. The summed E-state index contributed by atoms with van der Waals surface area (Å²) < 4.78 is 5.53. The number of thiophene rings is 1. The fourth-order valence-corrected chi connectivity index (χ4v) is 5.46. The van der Waals surface area contributed by atoms with Gasteiger partial charge in [0.1, 0.15) is 5.41 Å². The molecule has 1 aromatic heterocycles. The molecule has 2 aromatic carbocycles. The average molecular weight is 362 g/mol. The van der Waals surface area contributed by atoms with E-state index in [4.69, 9.17) is 4.74 Å². The average Bonchev–Trinajstić information content (AvgIpc) is 3.04. The highest BCUT2D eigenvalue weighted by Crippen LogP contribution is 2.67. The quantitative estimate of drug-likeness (QED) is 0.548. The molecule has 3 atom stereocenters. The minimum Gasteiger partial charge on any atom is -0.465 e. The molecule has 0 amide bonds. The Bertz CT molecular complexity index is 900. The van der Waals surface area contributed by atoms with Crippen LogP contribution in [-0.4, -0.2) is 12.6 Å². The second-order valence-electron chi connectivity index (χ2n) is 6.80. The van der Waals surface area contributed by atoms with Crippen molar-refractivity contribution in [2.24, 2.45) is 5.92 Å². The summed E-state index contributed by atoms with van der Waals surface area (Å²) in [7, 11) is 0. The molecule has 0 saturated heterocycles. The third-order valence-corrected chi connectivity index (χ3v) is 6.73. The first kappa shape index (κ1) is 17.0. The summed E-state index contributed by atoms with van der Waals surface area (Å²) in [6, 6.07) is 24.9. The van der Waals surface area contributed by atoms with E-state index in [1.54, 1.807) is 11.3 Å². The number of hydrogen-bond acceptors (Lipinski definition) is 3. The van der Waals surface area contributed by atoms with Crippen LogP contribution >= 0.6 is 11.3 Å². The van der Waals surface area contributed by atoms with Crippen LogP contribution in [0.5, 0.6) is 0 Å². The van der Waals surface area contributed by atoms with Crippen molar-refractivity contribution in [3.05, 3.63) is 83.2 Å². The molecule has 1 heterocycles. The molecule has 0 N–H and O–H groups in total. The topological polar surface area (TPSA) is 26.3 Å². The Hall–Kier alpha value is -2.39. The lowest BCUT2D eigenvalue weighted by atomic mass is 9.96. The van der Waals surface area contributed by atoms with Crippen molar-refractivity contribution in [3.63, 3.8) is 0 Å². The Morgan fingerprint density at radius 1 is 1.00 bits per heavy atom. The molecular weight excluding hydrogens is 340 g/mol. The van der Waals surface area contributed by atoms with Crippen molar-refractivity contribution in [1.29, 1.82) is 0 Å². The summed E-state index contributed by atoms with van der Waals surface area (Å²) in [5.74, 6) is 0.305. The van der Waals surface area contributed by atoms with Gasteiger partial charge in [-0.3, -0.25) is 4.79 Å². The lowest BCUT2D eigenvalue weighted by Crippen LogP contribution is -2.25. The SMILES string of the molecule is CCOC(=O)C1(c2ccc(-c3ccccc3)s2)C(C)C1c1ccccc1. The molecule has 3 unspecified atom stereocenters. The molecule has 3 aromatic rings. The van der Waals surface area contributed by atoms with Gasteiger partial charge in [-0.05, 0) is 36.1 Å². The number of carbonyl (C=O) groups is 1. The minimum atomic E-state index is -0.560. The Morgan fingerprint density at radius 3 is 2.31 bits per heavy atom. The van der Waals surface area contributed by atoms with Crippen molar-refractivity contribution in [3.8, 4) is 10.4 Å². The predicted octanol–water partition coefficient (Wildman–Crippen LogP) is 5.65. The first-order valence-electron chi connectivity index (χ1n) is 9.07. The maximum Gasteiger partial charge on any atom is 0.318 e. The third kappa shape index (κ3) is 2.58. The maximum atomic E-state index is 13.1. The summed E-state index contributed by atoms with van der Waals surface area (Å²) in [4.78, 5) is 15.3. The van der Waals surface area contributed by atoms with Crippen LogP contribution in [0.2, 0.25) is 0 Å². The highest BCUT2D eigenvalue weighted by atomic mass is 32.1. The Labute approximate surface area is 158 Å². The summed E-state index contributed by atoms with van der Waals surface area (Å²) in [5, 5.41) is 0. The van der Waals surface area contributed by atoms with Gasteiger partial charge in [-0.15, -0.1) is 11.3 Å². The van der Waals surface area contributed by atoms with Crippen LogP contribution in [0.3, 0.4) is 0 Å². The zero-order valence-corrected chi connectivity index (χ0v) is 15.8. The van der Waals surface area contributed by atoms with Gasteiger partial charge >= 0.3 is 5.97 Å². The van der Waals surface area contributed by atoms with E-state index in [9.17, 15) is 4.79 Å². The van der Waals surface area contributed by atoms with Crippen molar-refractivity contribution >= 4 is 17.3 Å². The number of carbonyl (C=O) groups excluding carboxylic acids is 1. The largest absolute Gasteiger partial charge is 0.465 e. The second-order valence-corrected chi connectivity index (χ2v) is 7.88. The number of esters is 1. The molecule has 1 aliphatic rings. The minimum absolute atomic E-state index is 0.0946. The standard InChI is InChI=1S/C23H22O2S/c1-3-25-22(24)23(16(2)21(23)18-12-8-5-9-13-18)20-15-14-19(26-20)17-10-6-4-7-11-17/h4-16,21H,3H2,1-2H3. The summed E-state index contributed by atoms with van der Waals surface area (Å²) in [6.45, 7) is 4.45. The molecule has 0 bridgehead atoms. The van der Waals surface area contributed by atoms with E-state index < -0.39 is 5.41 Å². The fraction of sp³-hybridized carbons (Fsp3) is 0.261. The smallest absolute Gasteiger partial charge is 0.318 e. The summed E-state index contributed by atoms with van der Waals surface area (Å²) >= 11 is 1.71. The number of ether oxygens (including phenoxy) is 1. The van der Waals surface area contributed by atoms with Gasteiger partial charge in [0.2, 0.25) is 0 Å². The van der Waals surface area contributed by atoms with E-state index in [1.165, 1.54) is 16.0 Å². The molecule has 4 rings (SSSR count). The van der Waals surface area contributed by atoms with E-state index in [0.29, 0.717) is 6.61 Å². The molecule has 132 valence electrons. The lowest BCUT2D eigenvalue weighted by Gasteiger charge is -2.15. The lowest BCUT2D eigenvalue weighted by molar-refractivity contribution is -0.146. The molecule has 0 spiro atoms. The maximum absolute atomic E-state index is 13.1. The molecule has 0 aliphatic heterocycles. The van der Waals surface area contributed by atoms with E-state index >= 15 is 0 Å². The van der Waals surface area contributed by atoms with Gasteiger partial charge in [-0.25, -0.2) is 0 Å². The van der Waals surface area contributed by atoms with Crippen molar-refractivity contribution in [2.75, 3.05) is 6.61 Å². The molecular formula is C23H22O2S. The molecule has 3 heteroatoms. The molecule has 26 heavy (non-hydrogen) atoms. The van der Waals surface area contributed by atoms with Crippen LogP contribution in [-0.2, 0) is 14.9 Å². The number of rotatable bonds is 5. The highest BCUT2D eigenvalue weighted by molar-refractivity contribution is 7.15. The van der Waals surface area contributed by atoms with Gasteiger partial charge in [0.15, 0.2) is 0 Å². The van der Waals surface area contributed by atoms with Gasteiger partial charge in [0.05, 0.1) is 6.61 Å². The zero-order valence-electron chi connectivity index (χ0n) is 15.0. The van der Waals surface area contributed by atoms with Crippen molar-refractivity contribution < 1.29 is 9.53 Å². The van der Waals surface area contributed by atoms with Crippen molar-refractivity contribution in [2.45, 2.75) is 25.2 Å². The Morgan fingerprint density at radius 2 is 1.65 bits per heavy atom. The third-order valence-electron chi connectivity index (χ3n) is 5.44. The first-order valence-corrected chi connectivity index (χ1v) is 9.89. The van der Waals surface area contributed by atoms with E-state index in [-0.39, 0.29) is 17.8 Å². The van der Waals surface area contributed by atoms with Crippen LogP contribution in [0.25, 0.3) is 10.4 Å². The zero-order chi connectivity index (χ0) is 18.1. The number of benzene rings is 2. The summed E-state index contributed by atoms with van der Waals surface area (Å²) in [5.41, 5.74) is 1.84. The predicted molar refractivity (Wildman–Crippen MR) is 106 cm³/mol. The van der Waals surface area contributed by atoms with Crippen LogP contribution in [0, 0.1) is 5.92 Å². The Kier molecular flexibility index (Phi) is 4.41. The molecule has 2 nitrogen and oxygen atoms in total. The van der Waals surface area contributed by atoms with E-state index in [0.717, 1.165) is 4.88 Å². The van der Waals surface area contributed by atoms with Crippen LogP contribution in [0.1, 0.15) is 30.2 Å².